The second kappa shape index (κ2) is 5.55. The van der Waals surface area contributed by atoms with Gasteiger partial charge in [-0.15, -0.1) is 0 Å². The Labute approximate surface area is 158 Å². The van der Waals surface area contributed by atoms with Crippen LogP contribution in [0.5, 0.6) is 5.75 Å². The number of nitrogens with two attached hydrogens (primary N) is 1. The number of piperidine rings is 1. The largest absolute Gasteiger partial charge is 0.507 e. The van der Waals surface area contributed by atoms with E-state index in [2.05, 4.69) is 4.90 Å². The third-order valence-corrected chi connectivity index (χ3v) is 7.54. The van der Waals surface area contributed by atoms with Crippen molar-refractivity contribution in [3.63, 3.8) is 0 Å². The number of benzene rings is 1. The molecule has 2 saturated carbocycles. The molecule has 5 rings (SSSR count). The van der Waals surface area contributed by atoms with Crippen LogP contribution in [0.15, 0.2) is 12.1 Å². The number of likely N-dealkylation sites (tertiary alicyclic amines) is 1. The molecule has 4 aliphatic rings. The molecule has 144 valence electrons. The van der Waals surface area contributed by atoms with Crippen molar-refractivity contribution in [2.45, 2.75) is 62.0 Å². The molecule has 0 aromatic heterocycles. The lowest BCUT2D eigenvalue weighted by Crippen LogP contribution is -2.73. The van der Waals surface area contributed by atoms with E-state index in [1.54, 1.807) is 6.07 Å². The Hall–Kier alpha value is -1.92. The first-order valence-electron chi connectivity index (χ1n) is 9.99. The van der Waals surface area contributed by atoms with E-state index in [4.69, 9.17) is 5.73 Å². The van der Waals surface area contributed by atoms with Crippen LogP contribution in [-0.4, -0.2) is 51.5 Å². The van der Waals surface area contributed by atoms with E-state index < -0.39 is 16.9 Å². The quantitative estimate of drug-likeness (QED) is 0.743. The van der Waals surface area contributed by atoms with Crippen LogP contribution < -0.4 is 5.73 Å². The SMILES string of the molecule is NC(=O)c1ccc2c(c1O)[C@]13CCN(CC4CC4)[C@H](C2)C1(O)CCC(=O)C3. The van der Waals surface area contributed by atoms with Gasteiger partial charge in [-0.3, -0.25) is 14.5 Å². The Morgan fingerprint density at radius 3 is 2.78 bits per heavy atom. The summed E-state index contributed by atoms with van der Waals surface area (Å²) < 4.78 is 0. The highest BCUT2D eigenvalue weighted by molar-refractivity contribution is 5.96. The molecule has 6 nitrogen and oxygen atoms in total. The van der Waals surface area contributed by atoms with Gasteiger partial charge in [-0.05, 0) is 56.2 Å². The third kappa shape index (κ3) is 2.26. The fourth-order valence-corrected chi connectivity index (χ4v) is 6.05. The first-order valence-corrected chi connectivity index (χ1v) is 9.99. The second-order valence-electron chi connectivity index (χ2n) is 8.99. The number of carbonyl (C=O) groups is 2. The average Bonchev–Trinajstić information content (AvgIpc) is 3.42. The van der Waals surface area contributed by atoms with Gasteiger partial charge in [0, 0.05) is 36.4 Å². The Bertz CT molecular complexity index is 849. The number of nitrogens with zero attached hydrogens (tertiary/aromatic N) is 1. The molecule has 2 bridgehead atoms. The number of Topliss-reactive ketones (excluding diaryl/α,β-unsaturated/α-hetero) is 1. The number of primary amides is 1. The number of aromatic hydroxyl groups is 1. The van der Waals surface area contributed by atoms with Crippen LogP contribution in [0.25, 0.3) is 0 Å². The summed E-state index contributed by atoms with van der Waals surface area (Å²) in [7, 11) is 0. The smallest absolute Gasteiger partial charge is 0.252 e. The average molecular weight is 370 g/mol. The van der Waals surface area contributed by atoms with Crippen LogP contribution in [0, 0.1) is 5.92 Å². The fraction of sp³-hybridized carbons (Fsp3) is 0.619. The zero-order chi connectivity index (χ0) is 19.0. The van der Waals surface area contributed by atoms with Crippen molar-refractivity contribution in [3.05, 3.63) is 28.8 Å². The number of rotatable bonds is 3. The zero-order valence-corrected chi connectivity index (χ0v) is 15.4. The van der Waals surface area contributed by atoms with Gasteiger partial charge < -0.3 is 15.9 Å². The summed E-state index contributed by atoms with van der Waals surface area (Å²) in [5, 5.41) is 22.9. The van der Waals surface area contributed by atoms with Gasteiger partial charge in [-0.1, -0.05) is 6.07 Å². The number of phenols is 1. The van der Waals surface area contributed by atoms with E-state index in [-0.39, 0.29) is 29.6 Å². The molecule has 1 amide bonds. The molecule has 1 aliphatic heterocycles. The second-order valence-corrected chi connectivity index (χ2v) is 8.99. The van der Waals surface area contributed by atoms with Gasteiger partial charge in [0.1, 0.15) is 11.5 Å². The molecule has 3 atom stereocenters. The molecule has 4 N–H and O–H groups in total. The van der Waals surface area contributed by atoms with E-state index >= 15 is 0 Å². The number of hydrogen-bond donors (Lipinski definition) is 3. The van der Waals surface area contributed by atoms with E-state index in [1.165, 1.54) is 12.8 Å². The topological polar surface area (TPSA) is 104 Å². The van der Waals surface area contributed by atoms with Crippen LogP contribution in [0.4, 0.5) is 0 Å². The van der Waals surface area contributed by atoms with Gasteiger partial charge in [0.05, 0.1) is 11.2 Å². The summed E-state index contributed by atoms with van der Waals surface area (Å²) >= 11 is 0. The van der Waals surface area contributed by atoms with Crippen molar-refractivity contribution in [1.29, 1.82) is 0 Å². The first-order chi connectivity index (χ1) is 12.9. The lowest BCUT2D eigenvalue weighted by Gasteiger charge is -2.63. The number of hydrogen-bond acceptors (Lipinski definition) is 5. The molecular weight excluding hydrogens is 344 g/mol. The zero-order valence-electron chi connectivity index (χ0n) is 15.4. The van der Waals surface area contributed by atoms with Gasteiger partial charge in [0.15, 0.2) is 0 Å². The van der Waals surface area contributed by atoms with Crippen LogP contribution in [0.1, 0.15) is 60.0 Å². The Balaban J connectivity index is 1.70. The minimum Gasteiger partial charge on any atom is -0.507 e. The van der Waals surface area contributed by atoms with Gasteiger partial charge in [0.25, 0.3) is 5.91 Å². The van der Waals surface area contributed by atoms with Crippen molar-refractivity contribution in [2.75, 3.05) is 13.1 Å². The lowest BCUT2D eigenvalue weighted by molar-refractivity contribution is -0.173. The summed E-state index contributed by atoms with van der Waals surface area (Å²) in [6.45, 7) is 1.80. The molecule has 0 radical (unpaired) electrons. The summed E-state index contributed by atoms with van der Waals surface area (Å²) in [4.78, 5) is 26.7. The number of amides is 1. The molecule has 1 saturated heterocycles. The minimum absolute atomic E-state index is 0.0497. The Morgan fingerprint density at radius 1 is 1.30 bits per heavy atom. The Morgan fingerprint density at radius 2 is 2.07 bits per heavy atom. The minimum atomic E-state index is -1.06. The number of ketones is 1. The van der Waals surface area contributed by atoms with Gasteiger partial charge in [-0.2, -0.15) is 0 Å². The van der Waals surface area contributed by atoms with Crippen LogP contribution >= 0.6 is 0 Å². The molecule has 1 aromatic carbocycles. The molecule has 1 aromatic rings. The monoisotopic (exact) mass is 370 g/mol. The van der Waals surface area contributed by atoms with E-state index in [0.717, 1.165) is 24.6 Å². The van der Waals surface area contributed by atoms with Crippen molar-refractivity contribution in [1.82, 2.24) is 4.90 Å². The molecule has 27 heavy (non-hydrogen) atoms. The van der Waals surface area contributed by atoms with Gasteiger partial charge >= 0.3 is 0 Å². The summed E-state index contributed by atoms with van der Waals surface area (Å²) in [6, 6.07) is 3.37. The third-order valence-electron chi connectivity index (χ3n) is 7.54. The van der Waals surface area contributed by atoms with E-state index in [9.17, 15) is 19.8 Å². The predicted octanol–water partition coefficient (Wildman–Crippen LogP) is 1.25. The molecular formula is C21H26N2O4. The van der Waals surface area contributed by atoms with E-state index in [0.29, 0.717) is 31.2 Å². The normalized spacial score (nSPS) is 35.4. The number of carbonyl (C=O) groups excluding carboxylic acids is 2. The van der Waals surface area contributed by atoms with Crippen molar-refractivity contribution < 1.29 is 19.8 Å². The predicted molar refractivity (Wildman–Crippen MR) is 98.5 cm³/mol. The summed E-state index contributed by atoms with van der Waals surface area (Å²) in [6.07, 6.45) is 4.76. The molecule has 0 spiro atoms. The molecule has 3 fully saturated rings. The van der Waals surface area contributed by atoms with Gasteiger partial charge in [0.2, 0.25) is 0 Å². The summed E-state index contributed by atoms with van der Waals surface area (Å²) in [5.74, 6) is 0.0112. The number of aliphatic hydroxyl groups is 1. The van der Waals surface area contributed by atoms with Crippen LogP contribution in [0.2, 0.25) is 0 Å². The maximum absolute atomic E-state index is 12.5. The highest BCUT2D eigenvalue weighted by atomic mass is 16.3. The highest BCUT2D eigenvalue weighted by Gasteiger charge is 2.65. The van der Waals surface area contributed by atoms with Crippen LogP contribution in [0.3, 0.4) is 0 Å². The number of fused-ring (bicyclic) bond motifs is 1. The first kappa shape index (κ1) is 17.2. The fourth-order valence-electron chi connectivity index (χ4n) is 6.05. The maximum Gasteiger partial charge on any atom is 0.252 e. The highest BCUT2D eigenvalue weighted by Crippen LogP contribution is 2.60. The van der Waals surface area contributed by atoms with Crippen molar-refractivity contribution in [3.8, 4) is 5.75 Å². The maximum atomic E-state index is 12.5. The standard InChI is InChI=1S/C21H26N2O4/c22-19(26)15-4-3-13-9-16-21(27)6-5-14(24)10-20(21,17(13)18(15)25)7-8-23(16)11-12-1-2-12/h3-4,12,16,25,27H,1-2,5-11H2,(H2,22,26)/t16-,20-,21?/m1/s1. The molecule has 6 heteroatoms. The van der Waals surface area contributed by atoms with Crippen LogP contribution in [-0.2, 0) is 16.6 Å². The summed E-state index contributed by atoms with van der Waals surface area (Å²) in [5.41, 5.74) is 5.16. The Kier molecular flexibility index (Phi) is 3.53. The molecule has 1 unspecified atom stereocenters. The van der Waals surface area contributed by atoms with Gasteiger partial charge in [-0.25, -0.2) is 0 Å². The molecule has 1 heterocycles. The van der Waals surface area contributed by atoms with Crippen molar-refractivity contribution in [2.24, 2.45) is 11.7 Å². The van der Waals surface area contributed by atoms with E-state index in [1.807, 2.05) is 6.07 Å². The molecule has 3 aliphatic carbocycles. The lowest BCUT2D eigenvalue weighted by atomic mass is 9.49. The van der Waals surface area contributed by atoms with Crippen molar-refractivity contribution >= 4 is 11.7 Å².